The number of ether oxygens (including phenoxy) is 5. The summed E-state index contributed by atoms with van der Waals surface area (Å²) in [6, 6.07) is 29.3. The van der Waals surface area contributed by atoms with Gasteiger partial charge in [-0.05, 0) is 16.7 Å². The molecular weight excluding hydrogens is 537 g/mol. The van der Waals surface area contributed by atoms with Crippen LogP contribution in [0.25, 0.3) is 0 Å². The quantitative estimate of drug-likeness (QED) is 0.174. The highest BCUT2D eigenvalue weighted by Crippen LogP contribution is 2.32. The van der Waals surface area contributed by atoms with Gasteiger partial charge in [-0.15, -0.1) is 0 Å². The molecule has 4 rings (SSSR count). The number of benzene rings is 3. The van der Waals surface area contributed by atoms with Gasteiger partial charge in [-0.2, -0.15) is 0 Å². The van der Waals surface area contributed by atoms with Crippen LogP contribution in [0, 0.1) is 5.41 Å². The maximum absolute atomic E-state index is 8.08. The molecule has 0 spiro atoms. The highest BCUT2D eigenvalue weighted by Gasteiger charge is 2.46. The van der Waals surface area contributed by atoms with Crippen molar-refractivity contribution in [2.24, 2.45) is 0 Å². The van der Waals surface area contributed by atoms with Crippen LogP contribution in [-0.2, 0) is 43.5 Å². The second-order valence-corrected chi connectivity index (χ2v) is 10.8. The van der Waals surface area contributed by atoms with Crippen LogP contribution in [-0.4, -0.2) is 40.9 Å². The molecule has 1 heterocycles. The highest BCUT2D eigenvalue weighted by molar-refractivity contribution is 6.76. The van der Waals surface area contributed by atoms with Crippen LogP contribution in [0.4, 0.5) is 0 Å². The van der Waals surface area contributed by atoms with Gasteiger partial charge in [-0.25, -0.2) is 0 Å². The number of alkyl halides is 3. The molecule has 1 aliphatic heterocycles. The first-order chi connectivity index (χ1) is 17.9. The van der Waals surface area contributed by atoms with E-state index in [9.17, 15) is 0 Å². The lowest BCUT2D eigenvalue weighted by Gasteiger charge is -2.42. The number of hydrogen-bond acceptors (Lipinski definition) is 6. The minimum Gasteiger partial charge on any atom is -0.445 e. The molecule has 0 radical (unpaired) electrons. The van der Waals surface area contributed by atoms with Gasteiger partial charge in [0.15, 0.2) is 0 Å². The van der Waals surface area contributed by atoms with Crippen molar-refractivity contribution in [2.45, 2.75) is 48.2 Å². The molecule has 37 heavy (non-hydrogen) atoms. The molecule has 1 N–H and O–H groups in total. The summed E-state index contributed by atoms with van der Waals surface area (Å²) in [4.78, 5) is 0. The standard InChI is InChI=1S/C28H28Cl3NO5/c29-28(30,31)27(32)37-26-25(35-18-22-14-8-3-9-15-22)24(34-17-21-12-6-2-7-13-21)23(19-36-26)33-16-20-10-4-1-5-11-20/h1-15,23-26,32H,16-19H2/t23-,24?,25?,26-/m1/s1. The first-order valence-corrected chi connectivity index (χ1v) is 12.9. The van der Waals surface area contributed by atoms with Crippen LogP contribution in [0.2, 0.25) is 0 Å². The van der Waals surface area contributed by atoms with Crippen molar-refractivity contribution in [3.63, 3.8) is 0 Å². The molecule has 0 saturated carbocycles. The maximum atomic E-state index is 8.08. The zero-order valence-electron chi connectivity index (χ0n) is 20.0. The van der Waals surface area contributed by atoms with E-state index in [2.05, 4.69) is 0 Å². The Labute approximate surface area is 231 Å². The third kappa shape index (κ3) is 8.42. The zero-order chi connectivity index (χ0) is 26.1. The zero-order valence-corrected chi connectivity index (χ0v) is 22.2. The summed E-state index contributed by atoms with van der Waals surface area (Å²) in [6.45, 7) is 1.07. The maximum Gasteiger partial charge on any atom is 0.265 e. The molecule has 2 unspecified atom stereocenters. The predicted octanol–water partition coefficient (Wildman–Crippen LogP) is 6.46. The molecule has 1 saturated heterocycles. The summed E-state index contributed by atoms with van der Waals surface area (Å²) in [5.74, 6) is -0.568. The Morgan fingerprint density at radius 3 is 1.59 bits per heavy atom. The molecule has 0 bridgehead atoms. The molecule has 9 heteroatoms. The highest BCUT2D eigenvalue weighted by atomic mass is 35.6. The number of rotatable bonds is 10. The third-order valence-electron chi connectivity index (χ3n) is 5.75. The van der Waals surface area contributed by atoms with Gasteiger partial charge < -0.3 is 23.7 Å². The topological polar surface area (TPSA) is 70.0 Å². The van der Waals surface area contributed by atoms with Crippen LogP contribution in [0.3, 0.4) is 0 Å². The van der Waals surface area contributed by atoms with E-state index in [0.717, 1.165) is 16.7 Å². The van der Waals surface area contributed by atoms with E-state index in [1.165, 1.54) is 0 Å². The molecule has 3 aromatic rings. The Morgan fingerprint density at radius 1 is 0.703 bits per heavy atom. The van der Waals surface area contributed by atoms with Crippen LogP contribution >= 0.6 is 34.8 Å². The van der Waals surface area contributed by atoms with Crippen molar-refractivity contribution in [2.75, 3.05) is 6.61 Å². The van der Waals surface area contributed by atoms with Crippen LogP contribution < -0.4 is 0 Å². The Morgan fingerprint density at radius 2 is 1.14 bits per heavy atom. The lowest BCUT2D eigenvalue weighted by Crippen LogP contribution is -2.57. The van der Waals surface area contributed by atoms with E-state index in [4.69, 9.17) is 63.9 Å². The van der Waals surface area contributed by atoms with Gasteiger partial charge in [0.25, 0.3) is 3.79 Å². The monoisotopic (exact) mass is 563 g/mol. The lowest BCUT2D eigenvalue weighted by molar-refractivity contribution is -0.282. The van der Waals surface area contributed by atoms with Gasteiger partial charge in [0.2, 0.25) is 12.2 Å². The van der Waals surface area contributed by atoms with Crippen molar-refractivity contribution >= 4 is 40.7 Å². The number of hydrogen-bond donors (Lipinski definition) is 1. The fraction of sp³-hybridized carbons (Fsp3) is 0.321. The van der Waals surface area contributed by atoms with E-state index in [1.807, 2.05) is 91.0 Å². The first kappa shape index (κ1) is 27.9. The number of nitrogens with one attached hydrogen (secondary N) is 1. The molecule has 0 aliphatic carbocycles. The van der Waals surface area contributed by atoms with E-state index in [0.29, 0.717) is 13.2 Å². The average molecular weight is 565 g/mol. The summed E-state index contributed by atoms with van der Waals surface area (Å²) in [6.07, 6.45) is -2.92. The molecule has 6 nitrogen and oxygen atoms in total. The molecule has 1 fully saturated rings. The minimum absolute atomic E-state index is 0.134. The normalized spacial score (nSPS) is 21.9. The Hall–Kier alpha value is -2.16. The van der Waals surface area contributed by atoms with Gasteiger partial charge in [-0.1, -0.05) is 126 Å². The minimum atomic E-state index is -2.05. The van der Waals surface area contributed by atoms with Gasteiger partial charge >= 0.3 is 0 Å². The Bertz CT molecular complexity index is 1100. The summed E-state index contributed by atoms with van der Waals surface area (Å²) >= 11 is 17.6. The molecule has 0 amide bonds. The van der Waals surface area contributed by atoms with E-state index >= 15 is 0 Å². The van der Waals surface area contributed by atoms with Gasteiger partial charge in [0, 0.05) is 0 Å². The van der Waals surface area contributed by atoms with Crippen LogP contribution in [0.15, 0.2) is 91.0 Å². The fourth-order valence-corrected chi connectivity index (χ4v) is 3.99. The summed E-state index contributed by atoms with van der Waals surface area (Å²) in [5.41, 5.74) is 2.96. The molecular formula is C28H28Cl3NO5. The molecule has 1 aliphatic rings. The smallest absolute Gasteiger partial charge is 0.265 e. The second kappa shape index (κ2) is 13.6. The second-order valence-electron chi connectivity index (χ2n) is 8.50. The lowest BCUT2D eigenvalue weighted by atomic mass is 10.0. The SMILES string of the molecule is N=C(O[C@H]1OC[C@@H](OCc2ccccc2)C(OCc2ccccc2)C1OCc1ccccc1)C(Cl)(Cl)Cl. The van der Waals surface area contributed by atoms with Gasteiger partial charge in [-0.3, -0.25) is 5.41 Å². The average Bonchev–Trinajstić information content (AvgIpc) is 2.91. The molecule has 3 aromatic carbocycles. The van der Waals surface area contributed by atoms with Gasteiger partial charge in [0.1, 0.15) is 18.3 Å². The third-order valence-corrected chi connectivity index (χ3v) is 6.27. The predicted molar refractivity (Wildman–Crippen MR) is 144 cm³/mol. The molecule has 196 valence electrons. The summed E-state index contributed by atoms with van der Waals surface area (Å²) < 4.78 is 28.5. The summed E-state index contributed by atoms with van der Waals surface area (Å²) in [5, 5.41) is 8.08. The summed E-state index contributed by atoms with van der Waals surface area (Å²) in [7, 11) is 0. The van der Waals surface area contributed by atoms with Crippen molar-refractivity contribution in [1.82, 2.24) is 0 Å². The van der Waals surface area contributed by atoms with Crippen molar-refractivity contribution < 1.29 is 23.7 Å². The van der Waals surface area contributed by atoms with E-state index in [1.54, 1.807) is 0 Å². The largest absolute Gasteiger partial charge is 0.445 e. The Balaban J connectivity index is 1.56. The van der Waals surface area contributed by atoms with Crippen LogP contribution in [0.1, 0.15) is 16.7 Å². The molecule has 0 aromatic heterocycles. The van der Waals surface area contributed by atoms with E-state index < -0.39 is 34.3 Å². The van der Waals surface area contributed by atoms with Crippen molar-refractivity contribution in [3.8, 4) is 0 Å². The van der Waals surface area contributed by atoms with Crippen molar-refractivity contribution in [1.29, 1.82) is 5.41 Å². The van der Waals surface area contributed by atoms with Crippen LogP contribution in [0.5, 0.6) is 0 Å². The van der Waals surface area contributed by atoms with Gasteiger partial charge in [0.05, 0.1) is 26.4 Å². The molecule has 4 atom stereocenters. The van der Waals surface area contributed by atoms with E-state index in [-0.39, 0.29) is 13.2 Å². The van der Waals surface area contributed by atoms with Crippen molar-refractivity contribution in [3.05, 3.63) is 108 Å². The Kier molecular flexibility index (Phi) is 10.2. The fourth-order valence-electron chi connectivity index (χ4n) is 3.86. The first-order valence-electron chi connectivity index (χ1n) is 11.8. The number of halogens is 3.